The Kier molecular flexibility index (Phi) is 3.93. The molecule has 0 aliphatic heterocycles. The number of aliphatic hydroxyl groups excluding tert-OH is 1. The van der Waals surface area contributed by atoms with Gasteiger partial charge < -0.3 is 10.8 Å². The van der Waals surface area contributed by atoms with Crippen LogP contribution in [-0.4, -0.2) is 11.1 Å². The molecule has 1 aromatic carbocycles. The van der Waals surface area contributed by atoms with E-state index >= 15 is 0 Å². The lowest BCUT2D eigenvalue weighted by Crippen LogP contribution is -2.27. The van der Waals surface area contributed by atoms with Crippen LogP contribution in [0.5, 0.6) is 0 Å². The van der Waals surface area contributed by atoms with E-state index in [2.05, 4.69) is 0 Å². The van der Waals surface area contributed by atoms with E-state index in [0.29, 0.717) is 5.02 Å². The number of aliphatic hydroxyl groups is 1. The first-order valence-corrected chi connectivity index (χ1v) is 5.14. The van der Waals surface area contributed by atoms with Crippen molar-refractivity contribution in [3.05, 3.63) is 34.3 Å². The minimum Gasteiger partial charge on any atom is -0.387 e. The molecule has 0 amide bonds. The van der Waals surface area contributed by atoms with Gasteiger partial charge >= 0.3 is 0 Å². The zero-order chi connectivity index (χ0) is 10.7. The minimum absolute atomic E-state index is 0.255. The molecular weight excluding hydrogens is 198 g/mol. The molecule has 0 aliphatic carbocycles. The van der Waals surface area contributed by atoms with E-state index in [1.165, 1.54) is 0 Å². The second kappa shape index (κ2) is 4.78. The van der Waals surface area contributed by atoms with Crippen molar-refractivity contribution in [2.24, 2.45) is 5.73 Å². The topological polar surface area (TPSA) is 46.2 Å². The fraction of sp³-hybridized carbons (Fsp3) is 0.455. The van der Waals surface area contributed by atoms with Crippen molar-refractivity contribution in [3.63, 3.8) is 0 Å². The summed E-state index contributed by atoms with van der Waals surface area (Å²) in [6.07, 6.45) is 0.0539. The van der Waals surface area contributed by atoms with Gasteiger partial charge in [0, 0.05) is 16.6 Å². The first-order chi connectivity index (χ1) is 6.57. The van der Waals surface area contributed by atoms with Crippen molar-refractivity contribution >= 4 is 11.6 Å². The number of hydrogen-bond donors (Lipinski definition) is 2. The van der Waals surface area contributed by atoms with Crippen molar-refractivity contribution in [2.45, 2.75) is 32.4 Å². The molecule has 2 atom stereocenters. The lowest BCUT2D eigenvalue weighted by molar-refractivity contribution is 0.144. The number of rotatable bonds is 3. The van der Waals surface area contributed by atoms with Gasteiger partial charge in [-0.1, -0.05) is 36.7 Å². The van der Waals surface area contributed by atoms with Crippen molar-refractivity contribution in [1.29, 1.82) is 0 Å². The number of benzene rings is 1. The van der Waals surface area contributed by atoms with Crippen LogP contribution in [0.15, 0.2) is 18.2 Å². The molecule has 3 heteroatoms. The molecule has 0 unspecified atom stereocenters. The van der Waals surface area contributed by atoms with Crippen LogP contribution in [0, 0.1) is 6.92 Å². The number of hydrogen-bond acceptors (Lipinski definition) is 2. The summed E-state index contributed by atoms with van der Waals surface area (Å²) >= 11 is 6.07. The van der Waals surface area contributed by atoms with Crippen LogP contribution in [0.4, 0.5) is 0 Å². The Bertz CT molecular complexity index is 314. The molecule has 2 nitrogen and oxygen atoms in total. The van der Waals surface area contributed by atoms with Crippen LogP contribution < -0.4 is 5.73 Å². The predicted octanol–water partition coefficient (Wildman–Crippen LogP) is 2.42. The van der Waals surface area contributed by atoms with Gasteiger partial charge in [0.1, 0.15) is 0 Å². The summed E-state index contributed by atoms with van der Waals surface area (Å²) in [6.45, 7) is 3.85. The third-order valence-electron chi connectivity index (χ3n) is 2.42. The molecule has 14 heavy (non-hydrogen) atoms. The van der Waals surface area contributed by atoms with Gasteiger partial charge in [-0.2, -0.15) is 0 Å². The van der Waals surface area contributed by atoms with Gasteiger partial charge in [0.25, 0.3) is 0 Å². The zero-order valence-corrected chi connectivity index (χ0v) is 9.25. The third kappa shape index (κ3) is 2.27. The molecule has 0 aromatic heterocycles. The Morgan fingerprint density at radius 1 is 1.50 bits per heavy atom. The van der Waals surface area contributed by atoms with Crippen LogP contribution in [0.25, 0.3) is 0 Å². The maximum atomic E-state index is 9.88. The van der Waals surface area contributed by atoms with Crippen molar-refractivity contribution in [3.8, 4) is 0 Å². The monoisotopic (exact) mass is 213 g/mol. The van der Waals surface area contributed by atoms with Gasteiger partial charge in [0.05, 0.1) is 6.10 Å². The van der Waals surface area contributed by atoms with Gasteiger partial charge in [-0.15, -0.1) is 0 Å². The molecule has 78 valence electrons. The van der Waals surface area contributed by atoms with E-state index in [1.54, 1.807) is 0 Å². The average molecular weight is 214 g/mol. The summed E-state index contributed by atoms with van der Waals surface area (Å²) in [7, 11) is 0. The van der Waals surface area contributed by atoms with Gasteiger partial charge in [0.2, 0.25) is 0 Å². The highest BCUT2D eigenvalue weighted by atomic mass is 35.5. The second-order valence-corrected chi connectivity index (χ2v) is 3.87. The Labute approximate surface area is 89.7 Å². The van der Waals surface area contributed by atoms with Crippen molar-refractivity contribution < 1.29 is 5.11 Å². The van der Waals surface area contributed by atoms with Crippen LogP contribution in [0.2, 0.25) is 5.02 Å². The summed E-state index contributed by atoms with van der Waals surface area (Å²) in [5.74, 6) is 0. The highest BCUT2D eigenvalue weighted by Gasteiger charge is 2.18. The fourth-order valence-corrected chi connectivity index (χ4v) is 1.59. The molecule has 0 fully saturated rings. The standard InChI is InChI=1S/C11H16ClNO/c1-3-9(13)11(14)8-6-4-5-7(2)10(8)12/h4-6,9,11,14H,3,13H2,1-2H3/t9-,11+/m1/s1. The van der Waals surface area contributed by atoms with Crippen LogP contribution in [0.3, 0.4) is 0 Å². The maximum absolute atomic E-state index is 9.88. The molecule has 0 heterocycles. The first kappa shape index (κ1) is 11.5. The Balaban J connectivity index is 3.01. The van der Waals surface area contributed by atoms with Crippen LogP contribution >= 0.6 is 11.6 Å². The summed E-state index contributed by atoms with van der Waals surface area (Å²) in [5.41, 5.74) is 7.45. The first-order valence-electron chi connectivity index (χ1n) is 4.76. The zero-order valence-electron chi connectivity index (χ0n) is 8.50. The third-order valence-corrected chi connectivity index (χ3v) is 2.93. The summed E-state index contributed by atoms with van der Waals surface area (Å²) < 4.78 is 0. The SMILES string of the molecule is CC[C@@H](N)[C@@H](O)c1cccc(C)c1Cl. The van der Waals surface area contributed by atoms with E-state index in [-0.39, 0.29) is 6.04 Å². The molecule has 0 radical (unpaired) electrons. The Morgan fingerprint density at radius 3 is 2.71 bits per heavy atom. The van der Waals surface area contributed by atoms with E-state index in [9.17, 15) is 5.11 Å². The summed E-state index contributed by atoms with van der Waals surface area (Å²) in [4.78, 5) is 0. The van der Waals surface area contributed by atoms with Gasteiger partial charge in [-0.05, 0) is 18.9 Å². The van der Waals surface area contributed by atoms with E-state index < -0.39 is 6.10 Å². The van der Waals surface area contributed by atoms with Crippen LogP contribution in [0.1, 0.15) is 30.6 Å². The average Bonchev–Trinajstić information content (AvgIpc) is 2.20. The normalized spacial score (nSPS) is 15.2. The molecule has 1 rings (SSSR count). The minimum atomic E-state index is -0.674. The molecule has 0 aliphatic rings. The highest BCUT2D eigenvalue weighted by Crippen LogP contribution is 2.27. The largest absolute Gasteiger partial charge is 0.387 e. The molecule has 0 saturated carbocycles. The summed E-state index contributed by atoms with van der Waals surface area (Å²) in [6, 6.07) is 5.35. The molecule has 3 N–H and O–H groups in total. The number of aryl methyl sites for hydroxylation is 1. The smallest absolute Gasteiger partial charge is 0.0955 e. The maximum Gasteiger partial charge on any atom is 0.0955 e. The van der Waals surface area contributed by atoms with E-state index in [4.69, 9.17) is 17.3 Å². The Hall–Kier alpha value is -0.570. The number of halogens is 1. The predicted molar refractivity (Wildman–Crippen MR) is 59.4 cm³/mol. The van der Waals surface area contributed by atoms with Gasteiger partial charge in [0.15, 0.2) is 0 Å². The van der Waals surface area contributed by atoms with Crippen molar-refractivity contribution in [2.75, 3.05) is 0 Å². The molecule has 0 spiro atoms. The molecule has 0 saturated heterocycles. The van der Waals surface area contributed by atoms with Crippen molar-refractivity contribution in [1.82, 2.24) is 0 Å². The number of nitrogens with two attached hydrogens (primary N) is 1. The Morgan fingerprint density at radius 2 is 2.14 bits per heavy atom. The quantitative estimate of drug-likeness (QED) is 0.810. The summed E-state index contributed by atoms with van der Waals surface area (Å²) in [5, 5.41) is 10.5. The lowest BCUT2D eigenvalue weighted by atomic mass is 9.99. The molecule has 1 aromatic rings. The van der Waals surface area contributed by atoms with Gasteiger partial charge in [-0.25, -0.2) is 0 Å². The van der Waals surface area contributed by atoms with E-state index in [1.807, 2.05) is 32.0 Å². The van der Waals surface area contributed by atoms with E-state index in [0.717, 1.165) is 17.5 Å². The molecule has 0 bridgehead atoms. The fourth-order valence-electron chi connectivity index (χ4n) is 1.35. The van der Waals surface area contributed by atoms with Crippen LogP contribution in [-0.2, 0) is 0 Å². The lowest BCUT2D eigenvalue weighted by Gasteiger charge is -2.19. The highest BCUT2D eigenvalue weighted by molar-refractivity contribution is 6.32. The second-order valence-electron chi connectivity index (χ2n) is 3.50. The molecular formula is C11H16ClNO. The van der Waals surface area contributed by atoms with Gasteiger partial charge in [-0.3, -0.25) is 0 Å².